The Bertz CT molecular complexity index is 1470. The lowest BCUT2D eigenvalue weighted by Gasteiger charge is -2.36. The van der Waals surface area contributed by atoms with Crippen LogP contribution in [0.15, 0.2) is 59.8 Å². The van der Waals surface area contributed by atoms with Gasteiger partial charge in [0.15, 0.2) is 0 Å². The minimum Gasteiger partial charge on any atom is -0.495 e. The molecule has 1 aliphatic heterocycles. The standard InChI is InChI=1S/C27H30ClN5O5S2/c1-38-25-20(18-4-3-11-29-16-18)5-2-6-23(25)40(36,37)31-21(17-30-26(34)22-9-10-24(28)39-22)27(35)33-14-12-32(13-15-33)19-7-8-19/h2-6,9-11,16,19,21,31H,7-8,12-15,17H2,1H3,(H,30,34)/t21-/m0/s1. The maximum absolute atomic E-state index is 13.7. The molecule has 2 aliphatic rings. The lowest BCUT2D eigenvalue weighted by atomic mass is 10.1. The van der Waals surface area contributed by atoms with E-state index in [1.807, 2.05) is 0 Å². The van der Waals surface area contributed by atoms with Crippen LogP contribution in [0.2, 0.25) is 4.34 Å². The van der Waals surface area contributed by atoms with E-state index in [1.54, 1.807) is 53.7 Å². The molecule has 13 heteroatoms. The maximum Gasteiger partial charge on any atom is 0.261 e. The van der Waals surface area contributed by atoms with E-state index in [-0.39, 0.29) is 17.2 Å². The molecule has 1 atom stereocenters. The van der Waals surface area contributed by atoms with Gasteiger partial charge in [0.05, 0.1) is 16.3 Å². The largest absolute Gasteiger partial charge is 0.495 e. The SMILES string of the molecule is COc1c(-c2cccnc2)cccc1S(=O)(=O)N[C@@H](CNC(=O)c1ccc(Cl)s1)C(=O)N1CCN(C2CC2)CC1. The number of benzene rings is 1. The Labute approximate surface area is 242 Å². The maximum atomic E-state index is 13.7. The molecule has 2 fully saturated rings. The number of piperazine rings is 1. The lowest BCUT2D eigenvalue weighted by Crippen LogP contribution is -2.57. The summed E-state index contributed by atoms with van der Waals surface area (Å²) in [4.78, 5) is 34.8. The molecule has 212 valence electrons. The predicted molar refractivity (Wildman–Crippen MR) is 153 cm³/mol. The van der Waals surface area contributed by atoms with Crippen molar-refractivity contribution in [3.05, 3.63) is 64.1 Å². The average molecular weight is 604 g/mol. The monoisotopic (exact) mass is 603 g/mol. The number of aromatic nitrogens is 1. The quantitative estimate of drug-likeness (QED) is 0.366. The van der Waals surface area contributed by atoms with E-state index in [4.69, 9.17) is 16.3 Å². The highest BCUT2D eigenvalue weighted by atomic mass is 35.5. The van der Waals surface area contributed by atoms with Crippen molar-refractivity contribution in [3.63, 3.8) is 0 Å². The fourth-order valence-corrected chi connectivity index (χ4v) is 7.14. The number of para-hydroxylation sites is 1. The summed E-state index contributed by atoms with van der Waals surface area (Å²) in [5.74, 6) is -0.709. The average Bonchev–Trinajstić information content (AvgIpc) is 3.74. The summed E-state index contributed by atoms with van der Waals surface area (Å²) < 4.78 is 36.0. The number of nitrogens with zero attached hydrogens (tertiary/aromatic N) is 3. The highest BCUT2D eigenvalue weighted by Crippen LogP contribution is 2.35. The third kappa shape index (κ3) is 6.47. The molecule has 2 amide bonds. The first-order chi connectivity index (χ1) is 19.3. The normalized spacial score (nSPS) is 16.9. The van der Waals surface area contributed by atoms with Crippen LogP contribution in [0.3, 0.4) is 0 Å². The van der Waals surface area contributed by atoms with Crippen molar-refractivity contribution in [3.8, 4) is 16.9 Å². The van der Waals surface area contributed by atoms with Gasteiger partial charge in [-0.15, -0.1) is 11.3 Å². The smallest absolute Gasteiger partial charge is 0.261 e. The van der Waals surface area contributed by atoms with Crippen molar-refractivity contribution < 1.29 is 22.7 Å². The molecule has 1 aromatic carbocycles. The first kappa shape index (κ1) is 28.5. The van der Waals surface area contributed by atoms with Gasteiger partial charge in [0.25, 0.3) is 5.91 Å². The molecule has 0 bridgehead atoms. The summed E-state index contributed by atoms with van der Waals surface area (Å²) in [7, 11) is -2.87. The van der Waals surface area contributed by atoms with Gasteiger partial charge in [-0.3, -0.25) is 19.5 Å². The first-order valence-corrected chi connectivity index (χ1v) is 15.6. The Morgan fingerprint density at radius 3 is 2.52 bits per heavy atom. The van der Waals surface area contributed by atoms with E-state index >= 15 is 0 Å². The minimum atomic E-state index is -4.26. The number of rotatable bonds is 10. The van der Waals surface area contributed by atoms with Gasteiger partial charge in [-0.2, -0.15) is 4.72 Å². The summed E-state index contributed by atoms with van der Waals surface area (Å²) >= 11 is 7.06. The van der Waals surface area contributed by atoms with Gasteiger partial charge in [0, 0.05) is 62.3 Å². The highest BCUT2D eigenvalue weighted by Gasteiger charge is 2.36. The molecule has 0 unspecified atom stereocenters. The molecule has 0 spiro atoms. The number of hydrogen-bond donors (Lipinski definition) is 2. The van der Waals surface area contributed by atoms with Crippen LogP contribution in [0.1, 0.15) is 22.5 Å². The Kier molecular flexibility index (Phi) is 8.71. The topological polar surface area (TPSA) is 121 Å². The number of ether oxygens (including phenoxy) is 1. The molecule has 40 heavy (non-hydrogen) atoms. The summed E-state index contributed by atoms with van der Waals surface area (Å²) in [6.07, 6.45) is 5.59. The summed E-state index contributed by atoms with van der Waals surface area (Å²) in [5.41, 5.74) is 1.22. The predicted octanol–water partition coefficient (Wildman–Crippen LogP) is 2.86. The van der Waals surface area contributed by atoms with E-state index in [2.05, 4.69) is 19.9 Å². The van der Waals surface area contributed by atoms with E-state index in [1.165, 1.54) is 26.0 Å². The second-order valence-corrected chi connectivity index (χ2v) is 13.1. The molecule has 2 N–H and O–H groups in total. The Balaban J connectivity index is 1.39. The number of carbonyl (C=O) groups is 2. The second kappa shape index (κ2) is 12.2. The van der Waals surface area contributed by atoms with E-state index in [9.17, 15) is 18.0 Å². The number of sulfonamides is 1. The van der Waals surface area contributed by atoms with Crippen LogP contribution in [0.5, 0.6) is 5.75 Å². The Hall–Kier alpha value is -3.03. The van der Waals surface area contributed by atoms with Crippen LogP contribution < -0.4 is 14.8 Å². The molecular formula is C27H30ClN5O5S2. The fraction of sp³-hybridized carbons (Fsp3) is 0.370. The van der Waals surface area contributed by atoms with Crippen molar-refractivity contribution in [2.45, 2.75) is 29.8 Å². The molecule has 1 saturated carbocycles. The van der Waals surface area contributed by atoms with Crippen molar-refractivity contribution >= 4 is 44.8 Å². The second-order valence-electron chi connectivity index (χ2n) is 9.66. The molecule has 1 saturated heterocycles. The minimum absolute atomic E-state index is 0.121. The van der Waals surface area contributed by atoms with Gasteiger partial charge in [0.1, 0.15) is 16.7 Å². The zero-order valence-corrected chi connectivity index (χ0v) is 24.3. The third-order valence-electron chi connectivity index (χ3n) is 6.99. The number of nitrogens with one attached hydrogen (secondary N) is 2. The van der Waals surface area contributed by atoms with E-state index in [0.717, 1.165) is 24.4 Å². The number of halogens is 1. The van der Waals surface area contributed by atoms with Crippen LogP contribution in [-0.4, -0.2) is 86.9 Å². The summed E-state index contributed by atoms with van der Waals surface area (Å²) in [6.45, 7) is 2.21. The highest BCUT2D eigenvalue weighted by molar-refractivity contribution is 7.89. The molecular weight excluding hydrogens is 574 g/mol. The molecule has 3 heterocycles. The van der Waals surface area contributed by atoms with Crippen LogP contribution in [0.4, 0.5) is 0 Å². The number of thiophene rings is 1. The van der Waals surface area contributed by atoms with Gasteiger partial charge >= 0.3 is 0 Å². The van der Waals surface area contributed by atoms with Crippen molar-refractivity contribution in [1.29, 1.82) is 0 Å². The number of carbonyl (C=O) groups excluding carboxylic acids is 2. The van der Waals surface area contributed by atoms with Gasteiger partial charge in [-0.1, -0.05) is 29.8 Å². The van der Waals surface area contributed by atoms with Crippen LogP contribution in [0.25, 0.3) is 11.1 Å². The van der Waals surface area contributed by atoms with Crippen LogP contribution >= 0.6 is 22.9 Å². The first-order valence-electron chi connectivity index (χ1n) is 12.9. The lowest BCUT2D eigenvalue weighted by molar-refractivity contribution is -0.134. The molecule has 5 rings (SSSR count). The summed E-state index contributed by atoms with van der Waals surface area (Å²) in [6, 6.07) is 10.8. The van der Waals surface area contributed by atoms with Crippen LogP contribution in [0, 0.1) is 0 Å². The van der Waals surface area contributed by atoms with Gasteiger partial charge in [0.2, 0.25) is 15.9 Å². The Morgan fingerprint density at radius 2 is 1.90 bits per heavy atom. The molecule has 2 aromatic heterocycles. The van der Waals surface area contributed by atoms with Gasteiger partial charge < -0.3 is 15.0 Å². The van der Waals surface area contributed by atoms with Crippen molar-refractivity contribution in [1.82, 2.24) is 24.8 Å². The Morgan fingerprint density at radius 1 is 1.12 bits per heavy atom. The van der Waals surface area contributed by atoms with Gasteiger partial charge in [-0.05, 0) is 37.1 Å². The fourth-order valence-electron chi connectivity index (χ4n) is 4.80. The molecule has 3 aromatic rings. The summed E-state index contributed by atoms with van der Waals surface area (Å²) in [5, 5.41) is 2.70. The number of methoxy groups -OCH3 is 1. The zero-order chi connectivity index (χ0) is 28.3. The molecule has 0 radical (unpaired) electrons. The van der Waals surface area contributed by atoms with E-state index < -0.39 is 27.9 Å². The molecule has 10 nitrogen and oxygen atoms in total. The van der Waals surface area contributed by atoms with Crippen molar-refractivity contribution in [2.24, 2.45) is 0 Å². The molecule has 1 aliphatic carbocycles. The zero-order valence-electron chi connectivity index (χ0n) is 21.9. The third-order valence-corrected chi connectivity index (χ3v) is 9.72. The number of amides is 2. The van der Waals surface area contributed by atoms with Gasteiger partial charge in [-0.25, -0.2) is 8.42 Å². The number of hydrogen-bond acceptors (Lipinski definition) is 8. The number of pyridine rings is 1. The van der Waals surface area contributed by atoms with Crippen molar-refractivity contribution in [2.75, 3.05) is 39.8 Å². The van der Waals surface area contributed by atoms with Crippen LogP contribution in [-0.2, 0) is 14.8 Å². The van der Waals surface area contributed by atoms with E-state index in [0.29, 0.717) is 39.5 Å².